The number of amides is 2. The lowest BCUT2D eigenvalue weighted by Gasteiger charge is -2.12. The van der Waals surface area contributed by atoms with E-state index in [0.29, 0.717) is 5.75 Å². The fraction of sp³-hybridized carbons (Fsp3) is 0.167. The highest BCUT2D eigenvalue weighted by Crippen LogP contribution is 2.18. The van der Waals surface area contributed by atoms with E-state index in [1.165, 1.54) is 18.2 Å². The number of rotatable bonds is 5. The smallest absolute Gasteiger partial charge is 0.270 e. The van der Waals surface area contributed by atoms with Gasteiger partial charge in [0, 0.05) is 17.7 Å². The summed E-state index contributed by atoms with van der Waals surface area (Å²) in [6.45, 7) is 3.52. The highest BCUT2D eigenvalue weighted by molar-refractivity contribution is 7.80. The van der Waals surface area contributed by atoms with Crippen molar-refractivity contribution in [2.24, 2.45) is 0 Å². The van der Waals surface area contributed by atoms with Gasteiger partial charge in [0.25, 0.3) is 17.5 Å². The van der Waals surface area contributed by atoms with Crippen LogP contribution in [0.1, 0.15) is 21.5 Å². The van der Waals surface area contributed by atoms with Crippen LogP contribution in [-0.4, -0.2) is 28.5 Å². The first-order valence-corrected chi connectivity index (χ1v) is 8.52. The van der Waals surface area contributed by atoms with Crippen LogP contribution in [0.25, 0.3) is 0 Å². The van der Waals surface area contributed by atoms with Gasteiger partial charge in [0.05, 0.1) is 4.92 Å². The van der Waals surface area contributed by atoms with Crippen LogP contribution in [0, 0.1) is 24.0 Å². The van der Waals surface area contributed by atoms with Gasteiger partial charge in [-0.15, -0.1) is 0 Å². The number of nitro groups is 1. The lowest BCUT2D eigenvalue weighted by Crippen LogP contribution is -2.49. The summed E-state index contributed by atoms with van der Waals surface area (Å²) in [7, 11) is 0. The number of hydrazine groups is 1. The largest absolute Gasteiger partial charge is 0.483 e. The van der Waals surface area contributed by atoms with E-state index in [0.717, 1.165) is 17.2 Å². The monoisotopic (exact) mass is 402 g/mol. The van der Waals surface area contributed by atoms with Crippen LogP contribution in [0.3, 0.4) is 0 Å². The summed E-state index contributed by atoms with van der Waals surface area (Å²) < 4.78 is 5.46. The van der Waals surface area contributed by atoms with E-state index in [9.17, 15) is 19.7 Å². The first-order valence-electron chi connectivity index (χ1n) is 8.11. The SMILES string of the molecule is Cc1ccc(C)c(OCC(=O)NC(=S)NNC(=O)c2cccc([N+](=O)[O-])c2)c1. The lowest BCUT2D eigenvalue weighted by molar-refractivity contribution is -0.384. The normalized spacial score (nSPS) is 9.93. The zero-order valence-corrected chi connectivity index (χ0v) is 16.0. The van der Waals surface area contributed by atoms with Crippen molar-refractivity contribution in [3.8, 4) is 5.75 Å². The minimum atomic E-state index is -0.646. The van der Waals surface area contributed by atoms with Gasteiger partial charge in [-0.2, -0.15) is 0 Å². The molecule has 0 heterocycles. The average molecular weight is 402 g/mol. The minimum Gasteiger partial charge on any atom is -0.483 e. The molecule has 0 bridgehead atoms. The summed E-state index contributed by atoms with van der Waals surface area (Å²) in [6, 6.07) is 10.8. The predicted molar refractivity (Wildman–Crippen MR) is 106 cm³/mol. The van der Waals surface area contributed by atoms with E-state index in [-0.39, 0.29) is 23.0 Å². The molecule has 3 N–H and O–H groups in total. The van der Waals surface area contributed by atoms with Crippen molar-refractivity contribution in [3.63, 3.8) is 0 Å². The maximum atomic E-state index is 12.0. The van der Waals surface area contributed by atoms with Crippen LogP contribution >= 0.6 is 12.2 Å². The number of carbonyl (C=O) groups is 2. The van der Waals surface area contributed by atoms with E-state index >= 15 is 0 Å². The average Bonchev–Trinajstić information content (AvgIpc) is 2.66. The third-order valence-electron chi connectivity index (χ3n) is 3.56. The highest BCUT2D eigenvalue weighted by Gasteiger charge is 2.12. The predicted octanol–water partition coefficient (Wildman–Crippen LogP) is 1.93. The zero-order chi connectivity index (χ0) is 20.7. The zero-order valence-electron chi connectivity index (χ0n) is 15.1. The number of nitrogens with zero attached hydrogens (tertiary/aromatic N) is 1. The Hall–Kier alpha value is -3.53. The van der Waals surface area contributed by atoms with Crippen LogP contribution in [0.4, 0.5) is 5.69 Å². The molecule has 0 aliphatic rings. The number of nitro benzene ring substituents is 1. The molecular weight excluding hydrogens is 384 g/mol. The number of benzene rings is 2. The van der Waals surface area contributed by atoms with Gasteiger partial charge in [0.15, 0.2) is 11.7 Å². The second-order valence-electron chi connectivity index (χ2n) is 5.82. The van der Waals surface area contributed by atoms with Gasteiger partial charge in [-0.3, -0.25) is 35.9 Å². The molecule has 2 amide bonds. The van der Waals surface area contributed by atoms with Crippen LogP contribution in [0.2, 0.25) is 0 Å². The number of carbonyl (C=O) groups excluding carboxylic acids is 2. The molecule has 2 aromatic rings. The Morgan fingerprint density at radius 1 is 1.14 bits per heavy atom. The van der Waals surface area contributed by atoms with Gasteiger partial charge in [-0.25, -0.2) is 0 Å². The summed E-state index contributed by atoms with van der Waals surface area (Å²) in [5.41, 5.74) is 6.35. The molecule has 0 atom stereocenters. The summed E-state index contributed by atoms with van der Waals surface area (Å²) in [4.78, 5) is 34.0. The van der Waals surface area contributed by atoms with Gasteiger partial charge >= 0.3 is 0 Å². The number of ether oxygens (including phenoxy) is 1. The minimum absolute atomic E-state index is 0.0640. The van der Waals surface area contributed by atoms with Gasteiger partial charge in [0.1, 0.15) is 5.75 Å². The first kappa shape index (κ1) is 20.8. The Morgan fingerprint density at radius 3 is 2.61 bits per heavy atom. The molecule has 0 unspecified atom stereocenters. The van der Waals surface area contributed by atoms with Crippen molar-refractivity contribution in [1.82, 2.24) is 16.2 Å². The van der Waals surface area contributed by atoms with Gasteiger partial charge in [-0.1, -0.05) is 18.2 Å². The molecule has 10 heteroatoms. The van der Waals surface area contributed by atoms with Gasteiger partial charge in [0.2, 0.25) is 0 Å². The Balaban J connectivity index is 1.81. The molecule has 0 saturated heterocycles. The van der Waals surface area contributed by atoms with Crippen molar-refractivity contribution >= 4 is 34.8 Å². The molecule has 2 rings (SSSR count). The number of aryl methyl sites for hydroxylation is 2. The lowest BCUT2D eigenvalue weighted by atomic mass is 10.1. The van der Waals surface area contributed by atoms with Gasteiger partial charge < -0.3 is 4.74 Å². The third kappa shape index (κ3) is 6.02. The van der Waals surface area contributed by atoms with E-state index in [1.807, 2.05) is 32.0 Å². The molecule has 0 fully saturated rings. The molecule has 0 saturated carbocycles. The summed E-state index contributed by atoms with van der Waals surface area (Å²) >= 11 is 4.92. The summed E-state index contributed by atoms with van der Waals surface area (Å²) in [6.07, 6.45) is 0. The number of hydrogen-bond donors (Lipinski definition) is 3. The Kier molecular flexibility index (Phi) is 6.99. The molecule has 0 radical (unpaired) electrons. The molecule has 0 aliphatic carbocycles. The number of hydrogen-bond acceptors (Lipinski definition) is 6. The van der Waals surface area contributed by atoms with E-state index < -0.39 is 16.7 Å². The number of thiocarbonyl (C=S) groups is 1. The topological polar surface area (TPSA) is 123 Å². The fourth-order valence-corrected chi connectivity index (χ4v) is 2.31. The summed E-state index contributed by atoms with van der Waals surface area (Å²) in [5, 5.41) is 13.0. The molecule has 146 valence electrons. The summed E-state index contributed by atoms with van der Waals surface area (Å²) in [5.74, 6) is -0.567. The van der Waals surface area contributed by atoms with Crippen LogP contribution in [0.15, 0.2) is 42.5 Å². The van der Waals surface area contributed by atoms with E-state index in [1.54, 1.807) is 0 Å². The molecule has 9 nitrogen and oxygen atoms in total. The van der Waals surface area contributed by atoms with E-state index in [2.05, 4.69) is 16.2 Å². The first-order chi connectivity index (χ1) is 13.3. The molecule has 2 aromatic carbocycles. The third-order valence-corrected chi connectivity index (χ3v) is 3.77. The molecule has 0 aliphatic heterocycles. The second-order valence-corrected chi connectivity index (χ2v) is 6.23. The van der Waals surface area contributed by atoms with Crippen molar-refractivity contribution in [2.45, 2.75) is 13.8 Å². The van der Waals surface area contributed by atoms with Crippen LogP contribution in [0.5, 0.6) is 5.75 Å². The molecular formula is C18H18N4O5S. The molecule has 28 heavy (non-hydrogen) atoms. The standard InChI is InChI=1S/C18H18N4O5S/c1-11-6-7-12(2)15(8-11)27-10-16(23)19-18(28)21-20-17(24)13-4-3-5-14(9-13)22(25)26/h3-9H,10H2,1-2H3,(H,20,24)(H2,19,21,23,28). The molecule has 0 aromatic heterocycles. The fourth-order valence-electron chi connectivity index (χ4n) is 2.15. The maximum Gasteiger partial charge on any atom is 0.270 e. The Morgan fingerprint density at radius 2 is 1.89 bits per heavy atom. The second kappa shape index (κ2) is 9.42. The maximum absolute atomic E-state index is 12.0. The van der Waals surface area contributed by atoms with Crippen molar-refractivity contribution in [2.75, 3.05) is 6.61 Å². The number of non-ortho nitro benzene ring substituents is 1. The van der Waals surface area contributed by atoms with Crippen LogP contribution in [-0.2, 0) is 4.79 Å². The quantitative estimate of drug-likeness (QED) is 0.397. The van der Waals surface area contributed by atoms with Crippen molar-refractivity contribution < 1.29 is 19.2 Å². The van der Waals surface area contributed by atoms with Crippen LogP contribution < -0.4 is 20.9 Å². The highest BCUT2D eigenvalue weighted by atomic mass is 32.1. The Bertz CT molecular complexity index is 932. The molecule has 0 spiro atoms. The van der Waals surface area contributed by atoms with Crippen molar-refractivity contribution in [3.05, 3.63) is 69.3 Å². The van der Waals surface area contributed by atoms with Gasteiger partial charge in [-0.05, 0) is 49.3 Å². The van der Waals surface area contributed by atoms with Crippen molar-refractivity contribution in [1.29, 1.82) is 0 Å². The Labute approximate surface area is 166 Å². The van der Waals surface area contributed by atoms with E-state index in [4.69, 9.17) is 17.0 Å². The number of nitrogens with one attached hydrogen (secondary N) is 3.